The Hall–Kier alpha value is -1.57. The summed E-state index contributed by atoms with van der Waals surface area (Å²) >= 11 is 0. The molecule has 2 heteroatoms. The maximum absolute atomic E-state index is 11.9. The summed E-state index contributed by atoms with van der Waals surface area (Å²) in [5.74, 6) is 0.286. The van der Waals surface area contributed by atoms with Crippen molar-refractivity contribution in [3.8, 4) is 5.75 Å². The van der Waals surface area contributed by atoms with E-state index in [0.29, 0.717) is 11.3 Å². The number of carbonyl (C=O) groups is 1. The summed E-state index contributed by atoms with van der Waals surface area (Å²) in [6.07, 6.45) is 13.7. The second-order valence-corrected chi connectivity index (χ2v) is 6.24. The molecule has 0 aromatic heterocycles. The lowest BCUT2D eigenvalue weighted by Crippen LogP contribution is -2.10. The van der Waals surface area contributed by atoms with Crippen molar-refractivity contribution < 1.29 is 9.53 Å². The first-order valence-electron chi connectivity index (χ1n) is 9.19. The minimum atomic E-state index is -0.299. The van der Waals surface area contributed by atoms with Crippen LogP contribution in [0.1, 0.15) is 77.6 Å². The molecule has 0 heterocycles. The maximum atomic E-state index is 11.9. The Bertz CT molecular complexity index is 436. The highest BCUT2D eigenvalue weighted by atomic mass is 16.5. The van der Waals surface area contributed by atoms with Gasteiger partial charge in [0.25, 0.3) is 0 Å². The summed E-state index contributed by atoms with van der Waals surface area (Å²) in [4.78, 5) is 11.9. The molecule has 0 amide bonds. The van der Waals surface area contributed by atoms with Crippen molar-refractivity contribution in [3.63, 3.8) is 0 Å². The molecular formula is C21H32O2. The second kappa shape index (κ2) is 12.9. The quantitative estimate of drug-likeness (QED) is 0.181. The Morgan fingerprint density at radius 3 is 1.96 bits per heavy atom. The average Bonchev–Trinajstić information content (AvgIpc) is 2.57. The van der Waals surface area contributed by atoms with Crippen molar-refractivity contribution in [2.24, 2.45) is 0 Å². The molecule has 0 bridgehead atoms. The van der Waals surface area contributed by atoms with Crippen LogP contribution in [0.25, 0.3) is 0 Å². The van der Waals surface area contributed by atoms with Gasteiger partial charge in [0.15, 0.2) is 0 Å². The molecule has 1 aromatic rings. The van der Waals surface area contributed by atoms with Gasteiger partial charge in [0.1, 0.15) is 5.75 Å². The lowest BCUT2D eigenvalue weighted by Gasteiger charge is -2.06. The fourth-order valence-electron chi connectivity index (χ4n) is 2.60. The van der Waals surface area contributed by atoms with Gasteiger partial charge < -0.3 is 4.74 Å². The van der Waals surface area contributed by atoms with Gasteiger partial charge in [-0.05, 0) is 25.0 Å². The van der Waals surface area contributed by atoms with Crippen LogP contribution in [0.15, 0.2) is 42.5 Å². The smallest absolute Gasteiger partial charge is 0.338 e. The molecule has 0 saturated carbocycles. The molecule has 0 fully saturated rings. The summed E-state index contributed by atoms with van der Waals surface area (Å²) in [5.41, 5.74) is 0.577. The Morgan fingerprint density at radius 1 is 0.870 bits per heavy atom. The van der Waals surface area contributed by atoms with Gasteiger partial charge in [0, 0.05) is 5.57 Å². The molecule has 0 radical (unpaired) electrons. The van der Waals surface area contributed by atoms with Crippen LogP contribution < -0.4 is 4.74 Å². The van der Waals surface area contributed by atoms with Crippen molar-refractivity contribution in [2.75, 3.05) is 0 Å². The van der Waals surface area contributed by atoms with Crippen LogP contribution in [0, 0.1) is 0 Å². The van der Waals surface area contributed by atoms with Gasteiger partial charge in [-0.15, -0.1) is 0 Å². The van der Waals surface area contributed by atoms with Crippen LogP contribution in [0.4, 0.5) is 0 Å². The number of hydrogen-bond donors (Lipinski definition) is 0. The number of benzene rings is 1. The highest BCUT2D eigenvalue weighted by molar-refractivity contribution is 5.89. The summed E-state index contributed by atoms with van der Waals surface area (Å²) in [6, 6.07) is 9.18. The topological polar surface area (TPSA) is 26.3 Å². The maximum Gasteiger partial charge on any atom is 0.338 e. The molecule has 0 aliphatic heterocycles. The first kappa shape index (κ1) is 19.5. The zero-order valence-corrected chi connectivity index (χ0v) is 14.7. The van der Waals surface area contributed by atoms with E-state index >= 15 is 0 Å². The first-order valence-corrected chi connectivity index (χ1v) is 9.19. The van der Waals surface area contributed by atoms with Gasteiger partial charge in [0.05, 0.1) is 0 Å². The normalized spacial score (nSPS) is 10.5. The zero-order valence-electron chi connectivity index (χ0n) is 14.7. The van der Waals surface area contributed by atoms with Crippen molar-refractivity contribution in [2.45, 2.75) is 77.6 Å². The Labute approximate surface area is 141 Å². The number of ether oxygens (including phenoxy) is 1. The van der Waals surface area contributed by atoms with E-state index in [1.165, 1.54) is 57.8 Å². The van der Waals surface area contributed by atoms with Gasteiger partial charge in [-0.3, -0.25) is 0 Å². The van der Waals surface area contributed by atoms with Crippen LogP contribution in [0.2, 0.25) is 0 Å². The number of unbranched alkanes of at least 4 members (excludes halogenated alkanes) is 9. The standard InChI is InChI=1S/C21H32O2/c1-3-4-5-6-7-8-9-10-11-13-16-19(2)21(22)23-20-17-14-12-15-18-20/h12,14-15,17-18H,2-11,13,16H2,1H3. The molecule has 0 unspecified atom stereocenters. The van der Waals surface area contributed by atoms with E-state index in [2.05, 4.69) is 13.5 Å². The lowest BCUT2D eigenvalue weighted by atomic mass is 10.0. The van der Waals surface area contributed by atoms with E-state index in [4.69, 9.17) is 4.74 Å². The van der Waals surface area contributed by atoms with E-state index in [1.807, 2.05) is 18.2 Å². The van der Waals surface area contributed by atoms with E-state index in [0.717, 1.165) is 12.8 Å². The summed E-state index contributed by atoms with van der Waals surface area (Å²) in [6.45, 7) is 6.11. The molecule has 1 aromatic carbocycles. The highest BCUT2D eigenvalue weighted by Crippen LogP contribution is 2.15. The molecule has 0 N–H and O–H groups in total. The molecule has 0 aliphatic carbocycles. The third kappa shape index (κ3) is 9.93. The van der Waals surface area contributed by atoms with E-state index in [1.54, 1.807) is 12.1 Å². The van der Waals surface area contributed by atoms with Gasteiger partial charge in [-0.2, -0.15) is 0 Å². The number of esters is 1. The van der Waals surface area contributed by atoms with Gasteiger partial charge in [0.2, 0.25) is 0 Å². The van der Waals surface area contributed by atoms with Gasteiger partial charge >= 0.3 is 5.97 Å². The molecule has 1 rings (SSSR count). The molecule has 0 atom stereocenters. The Morgan fingerprint density at radius 2 is 1.39 bits per heavy atom. The third-order valence-electron chi connectivity index (χ3n) is 4.07. The van der Waals surface area contributed by atoms with Crippen molar-refractivity contribution in [1.29, 1.82) is 0 Å². The molecule has 0 saturated heterocycles. The van der Waals surface area contributed by atoms with Crippen LogP contribution >= 0.6 is 0 Å². The van der Waals surface area contributed by atoms with Crippen molar-refractivity contribution >= 4 is 5.97 Å². The number of para-hydroxylation sites is 1. The van der Waals surface area contributed by atoms with E-state index < -0.39 is 0 Å². The average molecular weight is 316 g/mol. The lowest BCUT2D eigenvalue weighted by molar-refractivity contribution is -0.130. The van der Waals surface area contributed by atoms with Crippen LogP contribution in [-0.4, -0.2) is 5.97 Å². The van der Waals surface area contributed by atoms with E-state index in [9.17, 15) is 4.79 Å². The predicted octanol–water partition coefficient (Wildman–Crippen LogP) is 6.46. The van der Waals surface area contributed by atoms with Gasteiger partial charge in [-0.25, -0.2) is 4.79 Å². The molecule has 0 aliphatic rings. The van der Waals surface area contributed by atoms with Gasteiger partial charge in [-0.1, -0.05) is 89.5 Å². The minimum absolute atomic E-state index is 0.299. The number of hydrogen-bond acceptors (Lipinski definition) is 2. The zero-order chi connectivity index (χ0) is 16.8. The molecule has 0 spiro atoms. The predicted molar refractivity (Wildman–Crippen MR) is 97.7 cm³/mol. The largest absolute Gasteiger partial charge is 0.423 e. The summed E-state index contributed by atoms with van der Waals surface area (Å²) < 4.78 is 5.28. The van der Waals surface area contributed by atoms with Crippen LogP contribution in [-0.2, 0) is 4.79 Å². The van der Waals surface area contributed by atoms with E-state index in [-0.39, 0.29) is 5.97 Å². The second-order valence-electron chi connectivity index (χ2n) is 6.24. The highest BCUT2D eigenvalue weighted by Gasteiger charge is 2.09. The fourth-order valence-corrected chi connectivity index (χ4v) is 2.60. The minimum Gasteiger partial charge on any atom is -0.423 e. The number of carbonyl (C=O) groups excluding carboxylic acids is 1. The monoisotopic (exact) mass is 316 g/mol. The molecule has 23 heavy (non-hydrogen) atoms. The molecular weight excluding hydrogens is 284 g/mol. The molecule has 128 valence electrons. The van der Waals surface area contributed by atoms with Crippen molar-refractivity contribution in [3.05, 3.63) is 42.5 Å². The summed E-state index contributed by atoms with van der Waals surface area (Å²) in [7, 11) is 0. The SMILES string of the molecule is C=C(CCCCCCCCCCCC)C(=O)Oc1ccccc1. The Balaban J connectivity index is 1.98. The first-order chi connectivity index (χ1) is 11.2. The molecule has 2 nitrogen and oxygen atoms in total. The summed E-state index contributed by atoms with van der Waals surface area (Å²) in [5, 5.41) is 0. The Kier molecular flexibility index (Phi) is 10.9. The number of rotatable bonds is 13. The fraction of sp³-hybridized carbons (Fsp3) is 0.571. The van der Waals surface area contributed by atoms with Crippen LogP contribution in [0.3, 0.4) is 0 Å². The third-order valence-corrected chi connectivity index (χ3v) is 4.07. The van der Waals surface area contributed by atoms with Crippen LogP contribution in [0.5, 0.6) is 5.75 Å². The van der Waals surface area contributed by atoms with Crippen molar-refractivity contribution in [1.82, 2.24) is 0 Å².